The van der Waals surface area contributed by atoms with Gasteiger partial charge >= 0.3 is 0 Å². The van der Waals surface area contributed by atoms with E-state index in [1.54, 1.807) is 11.1 Å². The van der Waals surface area contributed by atoms with E-state index in [9.17, 15) is 14.4 Å². The van der Waals surface area contributed by atoms with Crippen LogP contribution in [0.3, 0.4) is 0 Å². The van der Waals surface area contributed by atoms with Crippen molar-refractivity contribution in [2.24, 2.45) is 11.8 Å². The topological polar surface area (TPSA) is 158 Å². The van der Waals surface area contributed by atoms with Crippen molar-refractivity contribution in [2.45, 2.75) is 89.8 Å². The Kier molecular flexibility index (Phi) is 10.9. The van der Waals surface area contributed by atoms with Crippen molar-refractivity contribution in [2.75, 3.05) is 19.6 Å². The Hall–Kier alpha value is -6.73. The second kappa shape index (κ2) is 17.3. The summed E-state index contributed by atoms with van der Waals surface area (Å²) in [4.78, 5) is 61.0. The Balaban J connectivity index is 0.803. The van der Waals surface area contributed by atoms with Gasteiger partial charge in [0.05, 0.1) is 42.4 Å². The second-order valence-electron chi connectivity index (χ2n) is 18.3. The summed E-state index contributed by atoms with van der Waals surface area (Å²) < 4.78 is 13.0. The maximum atomic E-state index is 14.2. The Morgan fingerprint density at radius 2 is 1.35 bits per heavy atom. The minimum Gasteiger partial charge on any atom is -0.488 e. The van der Waals surface area contributed by atoms with Gasteiger partial charge in [-0.25, -0.2) is 9.97 Å². The predicted molar refractivity (Wildman–Crippen MR) is 245 cm³/mol. The zero-order chi connectivity index (χ0) is 44.0. The third kappa shape index (κ3) is 8.41. The monoisotopic (exact) mass is 870 g/mol. The lowest BCUT2D eigenvalue weighted by molar-refractivity contribution is -0.137. The molecule has 5 aliphatic rings. The van der Waals surface area contributed by atoms with Crippen LogP contribution in [0.2, 0.25) is 0 Å². The Morgan fingerprint density at radius 1 is 0.754 bits per heavy atom. The summed E-state index contributed by atoms with van der Waals surface area (Å²) in [6.07, 6.45) is 10.2. The van der Waals surface area contributed by atoms with Crippen LogP contribution in [0.4, 0.5) is 0 Å². The van der Waals surface area contributed by atoms with Crippen LogP contribution in [0.1, 0.15) is 104 Å². The summed E-state index contributed by atoms with van der Waals surface area (Å²) in [6.45, 7) is 5.28. The molecule has 332 valence electrons. The number of aromatic amines is 2. The number of imidazole rings is 2. The zero-order valence-electron chi connectivity index (χ0n) is 36.6. The summed E-state index contributed by atoms with van der Waals surface area (Å²) in [5, 5.41) is 6.40. The lowest BCUT2D eigenvalue weighted by Crippen LogP contribution is -2.43. The number of H-pyrrole nitrogens is 2. The number of rotatable bonds is 16. The quantitative estimate of drug-likeness (QED) is 0.0757. The normalized spacial score (nSPS) is 18.2. The molecular weight excluding hydrogens is 817 g/mol. The average molecular weight is 871 g/mol. The number of amides is 3. The Labute approximate surface area is 378 Å². The fourth-order valence-electron chi connectivity index (χ4n) is 9.82. The molecule has 0 bridgehead atoms. The van der Waals surface area contributed by atoms with Crippen molar-refractivity contribution >= 4 is 17.7 Å². The van der Waals surface area contributed by atoms with E-state index in [1.165, 1.54) is 0 Å². The molecule has 3 aliphatic heterocycles. The minimum atomic E-state index is -0.766. The lowest BCUT2D eigenvalue weighted by Gasteiger charge is -2.30. The average Bonchev–Trinajstić information content (AvgIpc) is 4.23. The van der Waals surface area contributed by atoms with Gasteiger partial charge in [-0.2, -0.15) is 0 Å². The van der Waals surface area contributed by atoms with E-state index < -0.39 is 6.04 Å². The van der Waals surface area contributed by atoms with Crippen LogP contribution in [0, 0.1) is 11.8 Å². The van der Waals surface area contributed by atoms with Gasteiger partial charge < -0.3 is 35.0 Å². The maximum Gasteiger partial charge on any atom is 0.250 e. The smallest absolute Gasteiger partial charge is 0.250 e. The molecule has 3 fully saturated rings. The number of carbonyl (C=O) groups is 3. The molecule has 65 heavy (non-hydrogen) atoms. The van der Waals surface area contributed by atoms with Gasteiger partial charge in [0.1, 0.15) is 42.4 Å². The zero-order valence-corrected chi connectivity index (χ0v) is 36.6. The van der Waals surface area contributed by atoms with E-state index in [0.29, 0.717) is 25.6 Å². The number of likely N-dealkylation sites (tertiary alicyclic amines) is 1. The van der Waals surface area contributed by atoms with Gasteiger partial charge in [0.15, 0.2) is 0 Å². The van der Waals surface area contributed by atoms with Crippen LogP contribution in [-0.2, 0) is 34.1 Å². The summed E-state index contributed by atoms with van der Waals surface area (Å²) in [6, 6.07) is 27.5. The second-order valence-corrected chi connectivity index (χ2v) is 18.3. The largest absolute Gasteiger partial charge is 0.488 e. The van der Waals surface area contributed by atoms with E-state index in [-0.39, 0.29) is 48.2 Å². The molecule has 2 aromatic heterocycles. The molecule has 0 spiro atoms. The molecule has 13 heteroatoms. The number of carbonyl (C=O) groups excluding carboxylic acids is 3. The molecule has 3 atom stereocenters. The molecule has 2 aliphatic carbocycles. The summed E-state index contributed by atoms with van der Waals surface area (Å²) in [5.74, 6) is 3.28. The van der Waals surface area contributed by atoms with Crippen molar-refractivity contribution < 1.29 is 23.9 Å². The standard InChI is InChI=1S/C52H54N8O5/c1-2-19-60(52(63)48(32-12-7-4-8-13-32)58-51(62)34-17-18-34)28-45-53-25-39(55-45)35-21-37-29-65-44-24-36(22-38-30-64-43(23-35)46(37)47(38)44)40-26-54-49(56-40)42-14-9-20-59(42)27-41(31-10-5-3-6-11-31)57-50(61)33-15-16-33/h3-8,10-13,21-26,33-34,41-42,48H,2,9,14-20,27-30H2,1H3,(H,53,55)(H,54,56)(H,57,61)(H,58,62). The third-order valence-corrected chi connectivity index (χ3v) is 13.6. The van der Waals surface area contributed by atoms with Gasteiger partial charge in [-0.15, -0.1) is 0 Å². The van der Waals surface area contributed by atoms with Gasteiger partial charge in [0, 0.05) is 58.3 Å². The van der Waals surface area contributed by atoms with E-state index in [1.807, 2.05) is 61.7 Å². The third-order valence-electron chi connectivity index (χ3n) is 13.6. The summed E-state index contributed by atoms with van der Waals surface area (Å²) in [5.41, 5.74) is 9.74. The fraction of sp³-hybridized carbons (Fsp3) is 0.365. The molecule has 11 rings (SSSR count). The molecule has 5 heterocycles. The predicted octanol–water partition coefficient (Wildman–Crippen LogP) is 8.33. The van der Waals surface area contributed by atoms with E-state index in [2.05, 4.69) is 61.9 Å². The van der Waals surface area contributed by atoms with Gasteiger partial charge in [0.2, 0.25) is 17.7 Å². The highest BCUT2D eigenvalue weighted by molar-refractivity contribution is 5.91. The molecule has 0 radical (unpaired) electrons. The van der Waals surface area contributed by atoms with Crippen LogP contribution in [0.25, 0.3) is 33.6 Å². The molecule has 1 saturated heterocycles. The Bertz CT molecular complexity index is 2690. The molecule has 3 unspecified atom stereocenters. The number of hydrogen-bond acceptors (Lipinski definition) is 8. The van der Waals surface area contributed by atoms with Crippen molar-refractivity contribution in [1.29, 1.82) is 0 Å². The fourth-order valence-corrected chi connectivity index (χ4v) is 9.82. The molecule has 2 saturated carbocycles. The first-order valence-electron chi connectivity index (χ1n) is 23.3. The van der Waals surface area contributed by atoms with Gasteiger partial charge in [-0.05, 0) is 86.9 Å². The first-order valence-corrected chi connectivity index (χ1v) is 23.3. The van der Waals surface area contributed by atoms with Crippen molar-refractivity contribution in [1.82, 2.24) is 40.4 Å². The number of hydrogen-bond donors (Lipinski definition) is 4. The van der Waals surface area contributed by atoms with Crippen LogP contribution in [0.15, 0.2) is 97.3 Å². The van der Waals surface area contributed by atoms with Crippen molar-refractivity contribution in [3.8, 4) is 45.1 Å². The highest BCUT2D eigenvalue weighted by atomic mass is 16.5. The van der Waals surface area contributed by atoms with Gasteiger partial charge in [-0.3, -0.25) is 19.3 Å². The molecule has 4 aromatic carbocycles. The maximum absolute atomic E-state index is 14.2. The Morgan fingerprint density at radius 3 is 1.98 bits per heavy atom. The first-order chi connectivity index (χ1) is 31.9. The van der Waals surface area contributed by atoms with Gasteiger partial charge in [-0.1, -0.05) is 67.6 Å². The van der Waals surface area contributed by atoms with Crippen LogP contribution in [0.5, 0.6) is 11.5 Å². The molecule has 6 aromatic rings. The summed E-state index contributed by atoms with van der Waals surface area (Å²) in [7, 11) is 0. The number of nitrogens with one attached hydrogen (secondary N) is 4. The highest BCUT2D eigenvalue weighted by Crippen LogP contribution is 2.51. The van der Waals surface area contributed by atoms with E-state index in [0.717, 1.165) is 131 Å². The highest BCUT2D eigenvalue weighted by Gasteiger charge is 2.37. The van der Waals surface area contributed by atoms with Crippen LogP contribution >= 0.6 is 0 Å². The lowest BCUT2D eigenvalue weighted by atomic mass is 9.87. The van der Waals surface area contributed by atoms with E-state index >= 15 is 0 Å². The summed E-state index contributed by atoms with van der Waals surface area (Å²) >= 11 is 0. The van der Waals surface area contributed by atoms with Gasteiger partial charge in [0.25, 0.3) is 0 Å². The van der Waals surface area contributed by atoms with Crippen LogP contribution < -0.4 is 20.1 Å². The SMILES string of the molecule is CCCN(Cc1ncc(-c2cc3c4c(c2)OCc2cc(-c5cnc(C6CCCN6CC(NC(=O)C6CC6)c6ccccc6)[nH]5)cc(c2-4)OC3)[nH]1)C(=O)C(NC(=O)C1CC1)c1ccccc1. The molecular formula is C52H54N8O5. The van der Waals surface area contributed by atoms with E-state index in [4.69, 9.17) is 19.4 Å². The minimum absolute atomic E-state index is 0.0144. The number of nitrogens with zero attached hydrogens (tertiary/aromatic N) is 4. The van der Waals surface area contributed by atoms with Crippen molar-refractivity contribution in [3.05, 3.63) is 131 Å². The first kappa shape index (κ1) is 41.0. The number of aromatic nitrogens is 4. The molecule has 4 N–H and O–H groups in total. The number of ether oxygens (including phenoxy) is 2. The molecule has 13 nitrogen and oxygen atoms in total. The van der Waals surface area contributed by atoms with Crippen LogP contribution in [-0.4, -0.2) is 67.1 Å². The molecule has 3 amide bonds. The number of benzene rings is 4. The van der Waals surface area contributed by atoms with Crippen molar-refractivity contribution in [3.63, 3.8) is 0 Å².